The number of phenolic OH excluding ortho intramolecular Hbond substituents is 1. The number of H-pyrrole nitrogens is 1. The third-order valence-corrected chi connectivity index (χ3v) is 6.96. The lowest BCUT2D eigenvalue weighted by Crippen LogP contribution is -2.44. The van der Waals surface area contributed by atoms with Gasteiger partial charge in [0.05, 0.1) is 11.6 Å². The summed E-state index contributed by atoms with van der Waals surface area (Å²) in [5.41, 5.74) is 1.53. The van der Waals surface area contributed by atoms with Crippen LogP contribution in [0.25, 0.3) is 10.9 Å². The van der Waals surface area contributed by atoms with Crippen molar-refractivity contribution in [1.29, 1.82) is 0 Å². The SMILES string of the molecule is O=C(CCN1CCC(NCC(O)c2ccc(O)c3[nH]c(=O)ccc23)CC1)NCc1cc(Cl)cc(Cl)c1. The van der Waals surface area contributed by atoms with Crippen molar-refractivity contribution in [3.05, 3.63) is 74.0 Å². The molecule has 0 aliphatic carbocycles. The number of rotatable bonds is 9. The molecule has 2 aromatic carbocycles. The molecule has 8 nitrogen and oxygen atoms in total. The molecule has 0 bridgehead atoms. The van der Waals surface area contributed by atoms with Crippen LogP contribution in [0.2, 0.25) is 10.0 Å². The second-order valence-corrected chi connectivity index (χ2v) is 10.0. The molecule has 1 atom stereocenters. The zero-order valence-electron chi connectivity index (χ0n) is 19.8. The first kappa shape index (κ1) is 26.4. The third-order valence-electron chi connectivity index (χ3n) is 6.52. The number of carbonyl (C=O) groups excluding carboxylic acids is 1. The normalized spacial score (nSPS) is 15.8. The number of pyridine rings is 1. The number of aromatic hydroxyl groups is 1. The lowest BCUT2D eigenvalue weighted by molar-refractivity contribution is -0.121. The highest BCUT2D eigenvalue weighted by Crippen LogP contribution is 2.28. The molecule has 4 rings (SSSR count). The zero-order chi connectivity index (χ0) is 25.7. The number of aromatic nitrogens is 1. The van der Waals surface area contributed by atoms with Crippen LogP contribution in [0.3, 0.4) is 0 Å². The van der Waals surface area contributed by atoms with Crippen molar-refractivity contribution in [2.75, 3.05) is 26.2 Å². The Hall–Kier alpha value is -2.62. The summed E-state index contributed by atoms with van der Waals surface area (Å²) in [7, 11) is 0. The van der Waals surface area contributed by atoms with Crippen LogP contribution in [-0.4, -0.2) is 58.2 Å². The van der Waals surface area contributed by atoms with Crippen molar-refractivity contribution in [3.8, 4) is 5.75 Å². The second-order valence-electron chi connectivity index (χ2n) is 9.13. The molecule has 36 heavy (non-hydrogen) atoms. The second kappa shape index (κ2) is 12.1. The van der Waals surface area contributed by atoms with E-state index >= 15 is 0 Å². The van der Waals surface area contributed by atoms with Gasteiger partial charge >= 0.3 is 0 Å². The van der Waals surface area contributed by atoms with Crippen LogP contribution in [0.15, 0.2) is 47.3 Å². The molecule has 1 aliphatic rings. The number of aromatic amines is 1. The Bertz CT molecular complexity index is 1250. The molecular weight excluding hydrogens is 503 g/mol. The van der Waals surface area contributed by atoms with E-state index in [4.69, 9.17) is 23.2 Å². The van der Waals surface area contributed by atoms with E-state index in [2.05, 4.69) is 20.5 Å². The third kappa shape index (κ3) is 6.99. The number of halogens is 2. The summed E-state index contributed by atoms with van der Waals surface area (Å²) in [5, 5.41) is 28.9. The van der Waals surface area contributed by atoms with Crippen LogP contribution < -0.4 is 16.2 Å². The molecule has 1 unspecified atom stereocenters. The Balaban J connectivity index is 1.18. The Labute approximate surface area is 219 Å². The number of phenols is 1. The predicted octanol–water partition coefficient (Wildman–Crippen LogP) is 3.33. The number of hydrogen-bond acceptors (Lipinski definition) is 6. The molecule has 1 aliphatic heterocycles. The molecule has 1 aromatic heterocycles. The summed E-state index contributed by atoms with van der Waals surface area (Å²) in [5.74, 6) is -0.0431. The summed E-state index contributed by atoms with van der Waals surface area (Å²) in [6, 6.07) is 11.7. The average molecular weight is 533 g/mol. The minimum atomic E-state index is -0.782. The van der Waals surface area contributed by atoms with E-state index in [9.17, 15) is 19.8 Å². The number of aliphatic hydroxyl groups is 1. The molecule has 10 heteroatoms. The maximum absolute atomic E-state index is 12.3. The van der Waals surface area contributed by atoms with E-state index in [-0.39, 0.29) is 23.3 Å². The summed E-state index contributed by atoms with van der Waals surface area (Å²) in [6.45, 7) is 3.18. The van der Waals surface area contributed by atoms with Gasteiger partial charge in [0, 0.05) is 53.6 Å². The molecule has 1 amide bonds. The fraction of sp³-hybridized carbons (Fsp3) is 0.385. The largest absolute Gasteiger partial charge is 0.506 e. The first-order valence-corrected chi connectivity index (χ1v) is 12.7. The molecule has 0 saturated carbocycles. The van der Waals surface area contributed by atoms with Crippen LogP contribution in [0.4, 0.5) is 0 Å². The van der Waals surface area contributed by atoms with E-state index in [1.807, 2.05) is 0 Å². The standard InChI is InChI=1S/C26H30Cl2N4O4/c27-17-11-16(12-18(28)13-17)14-30-24(35)7-10-32-8-5-19(6-9-32)29-15-23(34)20-1-3-22(33)26-21(20)2-4-25(36)31-26/h1-4,11-13,19,23,29,33-34H,5-10,14-15H2,(H,30,35)(H,31,36). The monoisotopic (exact) mass is 532 g/mol. The van der Waals surface area contributed by atoms with E-state index in [0.717, 1.165) is 31.5 Å². The van der Waals surface area contributed by atoms with E-state index in [1.54, 1.807) is 30.3 Å². The smallest absolute Gasteiger partial charge is 0.248 e. The number of amides is 1. The van der Waals surface area contributed by atoms with Crippen molar-refractivity contribution in [2.45, 2.75) is 38.0 Å². The Kier molecular flexibility index (Phi) is 8.87. The Morgan fingerprint density at radius 1 is 1.11 bits per heavy atom. The maximum atomic E-state index is 12.3. The van der Waals surface area contributed by atoms with E-state index in [1.165, 1.54) is 12.1 Å². The minimum absolute atomic E-state index is 0.0167. The number of aliphatic hydroxyl groups excluding tert-OH is 1. The minimum Gasteiger partial charge on any atom is -0.506 e. The summed E-state index contributed by atoms with van der Waals surface area (Å²) in [6.07, 6.45) is 1.47. The van der Waals surface area contributed by atoms with Crippen LogP contribution in [-0.2, 0) is 11.3 Å². The van der Waals surface area contributed by atoms with Crippen molar-refractivity contribution >= 4 is 40.0 Å². The van der Waals surface area contributed by atoms with Crippen LogP contribution >= 0.6 is 23.2 Å². The highest BCUT2D eigenvalue weighted by Gasteiger charge is 2.21. The van der Waals surface area contributed by atoms with Gasteiger partial charge in [-0.1, -0.05) is 29.3 Å². The first-order valence-electron chi connectivity index (χ1n) is 12.0. The predicted molar refractivity (Wildman–Crippen MR) is 142 cm³/mol. The zero-order valence-corrected chi connectivity index (χ0v) is 21.3. The number of fused-ring (bicyclic) bond motifs is 1. The molecular formula is C26H30Cl2N4O4. The highest BCUT2D eigenvalue weighted by molar-refractivity contribution is 6.34. The fourth-order valence-electron chi connectivity index (χ4n) is 4.56. The number of hydrogen-bond donors (Lipinski definition) is 5. The van der Waals surface area contributed by atoms with Crippen molar-refractivity contribution in [2.24, 2.45) is 0 Å². The van der Waals surface area contributed by atoms with Gasteiger partial charge in [0.1, 0.15) is 5.75 Å². The van der Waals surface area contributed by atoms with Gasteiger partial charge < -0.3 is 30.7 Å². The highest BCUT2D eigenvalue weighted by atomic mass is 35.5. The molecule has 0 spiro atoms. The number of nitrogens with zero attached hydrogens (tertiary/aromatic N) is 1. The van der Waals surface area contributed by atoms with Crippen LogP contribution in [0.1, 0.15) is 36.5 Å². The molecule has 1 saturated heterocycles. The maximum Gasteiger partial charge on any atom is 0.248 e. The Morgan fingerprint density at radius 2 is 1.83 bits per heavy atom. The van der Waals surface area contributed by atoms with Gasteiger partial charge in [-0.05, 0) is 67.4 Å². The van der Waals surface area contributed by atoms with E-state index in [0.29, 0.717) is 52.6 Å². The molecule has 0 radical (unpaired) electrons. The van der Waals surface area contributed by atoms with Crippen LogP contribution in [0, 0.1) is 0 Å². The lowest BCUT2D eigenvalue weighted by atomic mass is 10.0. The summed E-state index contributed by atoms with van der Waals surface area (Å²) >= 11 is 12.0. The molecule has 5 N–H and O–H groups in total. The molecule has 3 aromatic rings. The average Bonchev–Trinajstić information content (AvgIpc) is 2.85. The van der Waals surface area contributed by atoms with Gasteiger partial charge in [-0.25, -0.2) is 0 Å². The summed E-state index contributed by atoms with van der Waals surface area (Å²) < 4.78 is 0. The van der Waals surface area contributed by atoms with Crippen LogP contribution in [0.5, 0.6) is 5.75 Å². The first-order chi connectivity index (χ1) is 17.3. The van der Waals surface area contributed by atoms with Gasteiger partial charge in [0.15, 0.2) is 0 Å². The number of nitrogens with one attached hydrogen (secondary N) is 3. The lowest BCUT2D eigenvalue weighted by Gasteiger charge is -2.32. The van der Waals surface area contributed by atoms with Crippen molar-refractivity contribution < 1.29 is 15.0 Å². The molecule has 192 valence electrons. The van der Waals surface area contributed by atoms with Crippen molar-refractivity contribution in [3.63, 3.8) is 0 Å². The fourth-order valence-corrected chi connectivity index (χ4v) is 5.13. The summed E-state index contributed by atoms with van der Waals surface area (Å²) in [4.78, 5) is 28.8. The van der Waals surface area contributed by atoms with Gasteiger partial charge in [-0.15, -0.1) is 0 Å². The van der Waals surface area contributed by atoms with Gasteiger partial charge in [0.25, 0.3) is 0 Å². The quantitative estimate of drug-likeness (QED) is 0.288. The van der Waals surface area contributed by atoms with Crippen molar-refractivity contribution in [1.82, 2.24) is 20.5 Å². The Morgan fingerprint density at radius 3 is 2.56 bits per heavy atom. The number of likely N-dealkylation sites (tertiary alicyclic amines) is 1. The molecule has 1 fully saturated rings. The van der Waals surface area contributed by atoms with Gasteiger partial charge in [-0.3, -0.25) is 9.59 Å². The van der Waals surface area contributed by atoms with Gasteiger partial charge in [-0.2, -0.15) is 0 Å². The number of piperidine rings is 1. The number of benzene rings is 2. The van der Waals surface area contributed by atoms with E-state index < -0.39 is 6.10 Å². The van der Waals surface area contributed by atoms with Gasteiger partial charge in [0.2, 0.25) is 11.5 Å². The topological polar surface area (TPSA) is 118 Å². The molecule has 2 heterocycles. The number of carbonyl (C=O) groups is 1.